The molecule has 3 rings (SSSR count). The van der Waals surface area contributed by atoms with Crippen molar-refractivity contribution in [2.45, 2.75) is 38.1 Å². The molecule has 21 heavy (non-hydrogen) atoms. The molecule has 0 spiro atoms. The third-order valence-electron chi connectivity index (χ3n) is 3.83. The van der Waals surface area contributed by atoms with E-state index in [0.29, 0.717) is 12.0 Å². The van der Waals surface area contributed by atoms with Gasteiger partial charge in [-0.3, -0.25) is 4.57 Å². The van der Waals surface area contributed by atoms with E-state index in [-0.39, 0.29) is 10.2 Å². The van der Waals surface area contributed by atoms with Gasteiger partial charge in [-0.15, -0.1) is 0 Å². The van der Waals surface area contributed by atoms with Crippen LogP contribution >= 0.6 is 15.9 Å². The van der Waals surface area contributed by atoms with Gasteiger partial charge < -0.3 is 5.32 Å². The molecule has 1 aromatic carbocycles. The largest absolute Gasteiger partial charge is 0.353 e. The Labute approximate surface area is 130 Å². The monoisotopic (exact) mass is 355 g/mol. The fourth-order valence-electron chi connectivity index (χ4n) is 2.73. The number of imidazole rings is 1. The molecule has 1 heterocycles. The molecule has 0 radical (unpaired) electrons. The van der Waals surface area contributed by atoms with E-state index in [1.165, 1.54) is 25.3 Å². The Morgan fingerprint density at radius 1 is 1.14 bits per heavy atom. The average molecular weight is 356 g/mol. The summed E-state index contributed by atoms with van der Waals surface area (Å²) in [5, 5.41) is 3.34. The molecular weight excluding hydrogens is 340 g/mol. The van der Waals surface area contributed by atoms with Crippen molar-refractivity contribution in [2.75, 3.05) is 5.32 Å². The molecule has 0 bridgehead atoms. The molecule has 0 amide bonds. The van der Waals surface area contributed by atoms with Crippen LogP contribution in [0.15, 0.2) is 29.0 Å². The zero-order valence-electron chi connectivity index (χ0n) is 11.5. The number of nitrogens with one attached hydrogen (secondary N) is 1. The fraction of sp³-hybridized carbons (Fsp3) is 0.400. The topological polar surface area (TPSA) is 29.9 Å². The zero-order valence-corrected chi connectivity index (χ0v) is 13.0. The first-order valence-corrected chi connectivity index (χ1v) is 7.89. The quantitative estimate of drug-likeness (QED) is 0.811. The minimum Gasteiger partial charge on any atom is -0.353 e. The second kappa shape index (κ2) is 6.13. The van der Waals surface area contributed by atoms with Crippen LogP contribution in [0.4, 0.5) is 14.7 Å². The van der Waals surface area contributed by atoms with Gasteiger partial charge in [0.1, 0.15) is 11.6 Å². The van der Waals surface area contributed by atoms with E-state index in [4.69, 9.17) is 0 Å². The van der Waals surface area contributed by atoms with Crippen molar-refractivity contribution < 1.29 is 8.78 Å². The predicted molar refractivity (Wildman–Crippen MR) is 81.7 cm³/mol. The Kier molecular flexibility index (Phi) is 4.24. The summed E-state index contributed by atoms with van der Waals surface area (Å²) in [5.74, 6) is -0.431. The first-order valence-electron chi connectivity index (χ1n) is 7.10. The number of halogens is 3. The van der Waals surface area contributed by atoms with Crippen molar-refractivity contribution in [3.63, 3.8) is 0 Å². The summed E-state index contributed by atoms with van der Waals surface area (Å²) in [6, 6.07) is 2.66. The number of rotatable bonds is 3. The Morgan fingerprint density at radius 2 is 1.90 bits per heavy atom. The van der Waals surface area contributed by atoms with E-state index in [1.54, 1.807) is 17.0 Å². The molecule has 1 fully saturated rings. The number of aromatic nitrogens is 2. The van der Waals surface area contributed by atoms with Gasteiger partial charge in [-0.2, -0.15) is 0 Å². The maximum atomic E-state index is 14.1. The SMILES string of the molecule is Fc1cc(-n2ccnc2NC2CCCCC2)c(F)cc1Br. The van der Waals surface area contributed by atoms with Crippen molar-refractivity contribution in [1.82, 2.24) is 9.55 Å². The molecule has 3 nitrogen and oxygen atoms in total. The van der Waals surface area contributed by atoms with Crippen molar-refractivity contribution >= 4 is 21.9 Å². The van der Waals surface area contributed by atoms with Gasteiger partial charge in [0.05, 0.1) is 10.2 Å². The lowest BCUT2D eigenvalue weighted by Crippen LogP contribution is -2.24. The molecule has 1 saturated carbocycles. The van der Waals surface area contributed by atoms with Crippen molar-refractivity contribution in [3.8, 4) is 5.69 Å². The third-order valence-corrected chi connectivity index (χ3v) is 4.44. The fourth-order valence-corrected chi connectivity index (χ4v) is 3.05. The molecule has 1 aliphatic rings. The summed E-state index contributed by atoms with van der Waals surface area (Å²) in [5.41, 5.74) is 0.159. The van der Waals surface area contributed by atoms with Gasteiger partial charge in [-0.25, -0.2) is 13.8 Å². The molecule has 1 aromatic heterocycles. The van der Waals surface area contributed by atoms with Gasteiger partial charge in [0.25, 0.3) is 0 Å². The molecule has 6 heteroatoms. The van der Waals surface area contributed by atoms with Gasteiger partial charge in [0, 0.05) is 24.5 Å². The van der Waals surface area contributed by atoms with Gasteiger partial charge in [0.15, 0.2) is 0 Å². The lowest BCUT2D eigenvalue weighted by atomic mass is 9.96. The summed E-state index contributed by atoms with van der Waals surface area (Å²) in [7, 11) is 0. The van der Waals surface area contributed by atoms with Crippen LogP contribution < -0.4 is 5.32 Å². The Bertz CT molecular complexity index is 636. The highest BCUT2D eigenvalue weighted by atomic mass is 79.9. The van der Waals surface area contributed by atoms with E-state index in [0.717, 1.165) is 18.9 Å². The number of hydrogen-bond donors (Lipinski definition) is 1. The first kappa shape index (κ1) is 14.5. The minimum absolute atomic E-state index is 0.116. The smallest absolute Gasteiger partial charge is 0.207 e. The third kappa shape index (κ3) is 3.10. The normalized spacial score (nSPS) is 16.1. The lowest BCUT2D eigenvalue weighted by Gasteiger charge is -2.23. The molecule has 1 N–H and O–H groups in total. The van der Waals surface area contributed by atoms with Crippen molar-refractivity contribution in [2.24, 2.45) is 0 Å². The van der Waals surface area contributed by atoms with Gasteiger partial charge in [0.2, 0.25) is 5.95 Å². The summed E-state index contributed by atoms with van der Waals surface area (Å²) in [6.45, 7) is 0. The number of benzene rings is 1. The molecule has 112 valence electrons. The molecule has 2 aromatic rings. The van der Waals surface area contributed by atoms with Gasteiger partial charge in [-0.1, -0.05) is 19.3 Å². The summed E-state index contributed by atoms with van der Waals surface area (Å²) in [6.07, 6.45) is 9.05. The van der Waals surface area contributed by atoms with Crippen LogP contribution in [0.1, 0.15) is 32.1 Å². The van der Waals surface area contributed by atoms with E-state index in [2.05, 4.69) is 26.2 Å². The van der Waals surface area contributed by atoms with E-state index >= 15 is 0 Å². The number of nitrogens with zero attached hydrogens (tertiary/aromatic N) is 2. The van der Waals surface area contributed by atoms with Crippen molar-refractivity contribution in [3.05, 3.63) is 40.6 Å². The highest BCUT2D eigenvalue weighted by Gasteiger charge is 2.17. The second-order valence-electron chi connectivity index (χ2n) is 5.32. The molecule has 0 saturated heterocycles. The lowest BCUT2D eigenvalue weighted by molar-refractivity contribution is 0.460. The molecule has 0 aliphatic heterocycles. The Morgan fingerprint density at radius 3 is 2.67 bits per heavy atom. The number of anilines is 1. The first-order chi connectivity index (χ1) is 10.1. The van der Waals surface area contributed by atoms with Crippen LogP contribution in [0, 0.1) is 11.6 Å². The average Bonchev–Trinajstić information content (AvgIpc) is 2.92. The van der Waals surface area contributed by atoms with Crippen LogP contribution in [0.25, 0.3) is 5.69 Å². The Balaban J connectivity index is 1.89. The van der Waals surface area contributed by atoms with Crippen LogP contribution in [0.3, 0.4) is 0 Å². The van der Waals surface area contributed by atoms with E-state index in [1.807, 2.05) is 0 Å². The molecule has 1 aliphatic carbocycles. The highest BCUT2D eigenvalue weighted by Crippen LogP contribution is 2.26. The zero-order chi connectivity index (χ0) is 14.8. The summed E-state index contributed by atoms with van der Waals surface area (Å²) < 4.78 is 29.4. The molecular formula is C15H16BrF2N3. The molecule has 0 unspecified atom stereocenters. The maximum Gasteiger partial charge on any atom is 0.207 e. The van der Waals surface area contributed by atoms with E-state index in [9.17, 15) is 8.78 Å². The van der Waals surface area contributed by atoms with Crippen LogP contribution in [0.2, 0.25) is 0 Å². The summed E-state index contributed by atoms with van der Waals surface area (Å²) >= 11 is 2.99. The molecule has 0 atom stereocenters. The van der Waals surface area contributed by atoms with Crippen LogP contribution in [0.5, 0.6) is 0 Å². The summed E-state index contributed by atoms with van der Waals surface area (Å²) in [4.78, 5) is 4.23. The maximum absolute atomic E-state index is 14.1. The standard InChI is InChI=1S/C15H16BrF2N3/c16-11-8-13(18)14(9-12(11)17)21-7-6-19-15(21)20-10-4-2-1-3-5-10/h6-10H,1-5H2,(H,19,20). The van der Waals surface area contributed by atoms with Crippen LogP contribution in [-0.2, 0) is 0 Å². The van der Waals surface area contributed by atoms with E-state index < -0.39 is 11.6 Å². The minimum atomic E-state index is -0.497. The van der Waals surface area contributed by atoms with Crippen LogP contribution in [-0.4, -0.2) is 15.6 Å². The second-order valence-corrected chi connectivity index (χ2v) is 6.17. The van der Waals surface area contributed by atoms with Gasteiger partial charge >= 0.3 is 0 Å². The number of hydrogen-bond acceptors (Lipinski definition) is 2. The highest BCUT2D eigenvalue weighted by molar-refractivity contribution is 9.10. The Hall–Kier alpha value is -1.43. The predicted octanol–water partition coefficient (Wildman–Crippen LogP) is 4.66. The van der Waals surface area contributed by atoms with Crippen molar-refractivity contribution in [1.29, 1.82) is 0 Å². The van der Waals surface area contributed by atoms with Gasteiger partial charge in [-0.05, 0) is 34.8 Å².